The molecule has 0 aliphatic carbocycles. The van der Waals surface area contributed by atoms with Crippen LogP contribution in [0.2, 0.25) is 5.15 Å². The first kappa shape index (κ1) is 18.6. The summed E-state index contributed by atoms with van der Waals surface area (Å²) in [5.41, 5.74) is 0.512. The summed E-state index contributed by atoms with van der Waals surface area (Å²) < 4.78 is 0. The monoisotopic (exact) mass is 429 g/mol. The van der Waals surface area contributed by atoms with E-state index in [2.05, 4.69) is 25.1 Å². The molecule has 0 unspecified atom stereocenters. The Hall–Kier alpha value is -2.75. The minimum Gasteiger partial charge on any atom is -0.508 e. The summed E-state index contributed by atoms with van der Waals surface area (Å²) in [5, 5.41) is 28.0. The number of rotatable bonds is 5. The van der Waals surface area contributed by atoms with Gasteiger partial charge in [-0.2, -0.15) is 0 Å². The quantitative estimate of drug-likeness (QED) is 0.311. The summed E-state index contributed by atoms with van der Waals surface area (Å²) in [6, 6.07) is 15.6. The van der Waals surface area contributed by atoms with E-state index in [0.29, 0.717) is 31.9 Å². The molecule has 0 fully saturated rings. The molecule has 4 aromatic rings. The van der Waals surface area contributed by atoms with Crippen molar-refractivity contribution in [3.05, 3.63) is 59.8 Å². The summed E-state index contributed by atoms with van der Waals surface area (Å²) in [6.07, 6.45) is 0. The van der Waals surface area contributed by atoms with Crippen LogP contribution in [0.1, 0.15) is 0 Å². The highest BCUT2D eigenvalue weighted by atomic mass is 35.5. The Kier molecular flexibility index (Phi) is 5.38. The van der Waals surface area contributed by atoms with Crippen molar-refractivity contribution in [2.24, 2.45) is 0 Å². The molecular weight excluding hydrogens is 418 g/mol. The van der Waals surface area contributed by atoms with Gasteiger partial charge in [0.2, 0.25) is 5.16 Å². The van der Waals surface area contributed by atoms with Gasteiger partial charge in [-0.05, 0) is 47.8 Å². The zero-order valence-electron chi connectivity index (χ0n) is 14.1. The van der Waals surface area contributed by atoms with Gasteiger partial charge in [-0.25, -0.2) is 15.0 Å². The molecule has 0 saturated heterocycles. The lowest BCUT2D eigenvalue weighted by atomic mass is 10.2. The SMILES string of the molecule is Oc1cc(O)cc(-c2nc(Sc3cc(Cl)nc(Sc4ccccc4)n3)n[nH]2)c1. The molecule has 2 aromatic carbocycles. The number of hydrogen-bond acceptors (Lipinski definition) is 8. The van der Waals surface area contributed by atoms with Gasteiger partial charge >= 0.3 is 0 Å². The van der Waals surface area contributed by atoms with Crippen LogP contribution in [0, 0.1) is 0 Å². The molecule has 0 radical (unpaired) electrons. The maximum Gasteiger partial charge on any atom is 0.215 e. The molecule has 3 N–H and O–H groups in total. The van der Waals surface area contributed by atoms with Crippen molar-refractivity contribution < 1.29 is 10.2 Å². The van der Waals surface area contributed by atoms with Crippen LogP contribution >= 0.6 is 35.1 Å². The van der Waals surface area contributed by atoms with Gasteiger partial charge in [0.25, 0.3) is 0 Å². The minimum absolute atomic E-state index is 0.0641. The summed E-state index contributed by atoms with van der Waals surface area (Å²) in [6.45, 7) is 0. The van der Waals surface area contributed by atoms with Gasteiger partial charge < -0.3 is 10.2 Å². The molecule has 2 heterocycles. The van der Waals surface area contributed by atoms with Crippen LogP contribution in [-0.2, 0) is 0 Å². The summed E-state index contributed by atoms with van der Waals surface area (Å²) in [7, 11) is 0. The topological polar surface area (TPSA) is 108 Å². The van der Waals surface area contributed by atoms with E-state index in [0.717, 1.165) is 4.90 Å². The molecular formula is C18H12ClN5O2S2. The highest BCUT2D eigenvalue weighted by Gasteiger charge is 2.12. The van der Waals surface area contributed by atoms with Crippen molar-refractivity contribution in [2.75, 3.05) is 0 Å². The van der Waals surface area contributed by atoms with E-state index in [1.807, 2.05) is 30.3 Å². The summed E-state index contributed by atoms with van der Waals surface area (Å²) in [4.78, 5) is 14.1. The molecule has 28 heavy (non-hydrogen) atoms. The predicted octanol–water partition coefficient (Wildman–Crippen LogP) is 4.63. The van der Waals surface area contributed by atoms with Crippen molar-refractivity contribution in [1.29, 1.82) is 0 Å². The highest BCUT2D eigenvalue weighted by molar-refractivity contribution is 7.99. The smallest absolute Gasteiger partial charge is 0.215 e. The maximum absolute atomic E-state index is 9.62. The van der Waals surface area contributed by atoms with E-state index >= 15 is 0 Å². The number of hydrogen-bond donors (Lipinski definition) is 3. The van der Waals surface area contributed by atoms with Crippen LogP contribution in [0.15, 0.2) is 74.8 Å². The number of halogens is 1. The third kappa shape index (κ3) is 4.56. The van der Waals surface area contributed by atoms with E-state index < -0.39 is 0 Å². The van der Waals surface area contributed by atoms with Crippen LogP contribution in [0.25, 0.3) is 11.4 Å². The molecule has 2 aromatic heterocycles. The van der Waals surface area contributed by atoms with Crippen LogP contribution in [-0.4, -0.2) is 35.4 Å². The van der Waals surface area contributed by atoms with E-state index in [1.54, 1.807) is 6.07 Å². The molecule has 0 aliphatic rings. The zero-order chi connectivity index (χ0) is 19.5. The first-order valence-corrected chi connectivity index (χ1v) is 9.97. The van der Waals surface area contributed by atoms with Crippen molar-refractivity contribution in [3.8, 4) is 22.9 Å². The number of benzene rings is 2. The number of aromatic hydroxyl groups is 2. The molecule has 0 bridgehead atoms. The Labute approximate surface area is 173 Å². The second-order valence-corrected chi connectivity index (χ2v) is 7.95. The molecule has 0 spiro atoms. The number of aromatic nitrogens is 5. The maximum atomic E-state index is 9.62. The van der Waals surface area contributed by atoms with Gasteiger partial charge in [0.1, 0.15) is 21.7 Å². The zero-order valence-corrected chi connectivity index (χ0v) is 16.5. The number of aromatic amines is 1. The minimum atomic E-state index is -0.0641. The van der Waals surface area contributed by atoms with Crippen molar-refractivity contribution in [1.82, 2.24) is 25.1 Å². The van der Waals surface area contributed by atoms with Crippen molar-refractivity contribution in [2.45, 2.75) is 20.2 Å². The number of nitrogens with zero attached hydrogens (tertiary/aromatic N) is 4. The molecule has 0 amide bonds. The first-order valence-electron chi connectivity index (χ1n) is 7.96. The Morgan fingerprint density at radius 1 is 0.821 bits per heavy atom. The fourth-order valence-electron chi connectivity index (χ4n) is 2.32. The largest absolute Gasteiger partial charge is 0.508 e. The normalized spacial score (nSPS) is 10.9. The van der Waals surface area contributed by atoms with E-state index in [4.69, 9.17) is 11.6 Å². The van der Waals surface area contributed by atoms with Crippen LogP contribution in [0.3, 0.4) is 0 Å². The lowest BCUT2D eigenvalue weighted by Gasteiger charge is -2.03. The number of nitrogens with one attached hydrogen (secondary N) is 1. The Balaban J connectivity index is 1.55. The standard InChI is InChI=1S/C18H12ClN5O2S2/c19-14-9-15(21-17(20-14)27-13-4-2-1-3-5-13)28-18-22-16(23-24-18)10-6-11(25)8-12(26)7-10/h1-9,25-26H,(H,22,23,24). The summed E-state index contributed by atoms with van der Waals surface area (Å²) in [5.74, 6) is 0.282. The second kappa shape index (κ2) is 8.09. The molecule has 4 rings (SSSR count). The van der Waals surface area contributed by atoms with Gasteiger partial charge in [-0.15, -0.1) is 5.10 Å². The average Bonchev–Trinajstić information content (AvgIpc) is 3.10. The van der Waals surface area contributed by atoms with E-state index in [-0.39, 0.29) is 11.5 Å². The fourth-order valence-corrected chi connectivity index (χ4v) is 4.18. The van der Waals surface area contributed by atoms with E-state index in [1.165, 1.54) is 41.7 Å². The number of phenolic OH excluding ortho intramolecular Hbond substituents is 2. The van der Waals surface area contributed by atoms with E-state index in [9.17, 15) is 10.2 Å². The van der Waals surface area contributed by atoms with Gasteiger partial charge in [-0.1, -0.05) is 29.8 Å². The molecule has 0 aliphatic heterocycles. The predicted molar refractivity (Wildman–Crippen MR) is 107 cm³/mol. The lowest BCUT2D eigenvalue weighted by molar-refractivity contribution is 0.451. The van der Waals surface area contributed by atoms with Crippen LogP contribution in [0.5, 0.6) is 11.5 Å². The van der Waals surface area contributed by atoms with Gasteiger partial charge in [-0.3, -0.25) is 5.10 Å². The molecule has 0 saturated carbocycles. The second-order valence-electron chi connectivity index (χ2n) is 5.53. The molecule has 140 valence electrons. The van der Waals surface area contributed by atoms with Crippen molar-refractivity contribution in [3.63, 3.8) is 0 Å². The third-order valence-corrected chi connectivity index (χ3v) is 5.29. The summed E-state index contributed by atoms with van der Waals surface area (Å²) >= 11 is 8.77. The number of H-pyrrole nitrogens is 1. The van der Waals surface area contributed by atoms with Crippen LogP contribution < -0.4 is 0 Å². The van der Waals surface area contributed by atoms with Gasteiger partial charge in [0.05, 0.1) is 0 Å². The van der Waals surface area contributed by atoms with Crippen LogP contribution in [0.4, 0.5) is 0 Å². The number of phenols is 2. The lowest BCUT2D eigenvalue weighted by Crippen LogP contribution is -1.90. The Bertz CT molecular complexity index is 1100. The molecule has 10 heteroatoms. The highest BCUT2D eigenvalue weighted by Crippen LogP contribution is 2.32. The Morgan fingerprint density at radius 2 is 1.57 bits per heavy atom. The van der Waals surface area contributed by atoms with Gasteiger partial charge in [0.15, 0.2) is 11.0 Å². The Morgan fingerprint density at radius 3 is 2.32 bits per heavy atom. The van der Waals surface area contributed by atoms with Gasteiger partial charge in [0, 0.05) is 22.6 Å². The molecule has 0 atom stereocenters. The first-order chi connectivity index (χ1) is 13.5. The molecule has 7 nitrogen and oxygen atoms in total. The van der Waals surface area contributed by atoms with Crippen molar-refractivity contribution >= 4 is 35.1 Å². The fraction of sp³-hybridized carbons (Fsp3) is 0. The third-order valence-electron chi connectivity index (χ3n) is 3.44. The average molecular weight is 430 g/mol.